The number of carbonyl (C=O) groups excluding carboxylic acids is 5. The van der Waals surface area contributed by atoms with Crippen LogP contribution in [0, 0.1) is 12.3 Å². The first-order valence-electron chi connectivity index (χ1n) is 11.4. The van der Waals surface area contributed by atoms with Crippen LogP contribution in [0.25, 0.3) is 0 Å². The number of amides is 4. The second kappa shape index (κ2) is 17.2. The number of terminal acetylenes is 1. The normalized spacial score (nSPS) is 11.4. The number of hydrogen-bond donors (Lipinski definition) is 4. The molecular weight excluding hydrogens is 444 g/mol. The van der Waals surface area contributed by atoms with E-state index in [1.165, 1.54) is 0 Å². The summed E-state index contributed by atoms with van der Waals surface area (Å²) in [6.07, 6.45) is 7.18. The van der Waals surface area contributed by atoms with Gasteiger partial charge in [0.1, 0.15) is 11.6 Å². The van der Waals surface area contributed by atoms with Crippen LogP contribution in [0.15, 0.2) is 0 Å². The molecule has 0 aliphatic carbocycles. The van der Waals surface area contributed by atoms with Crippen LogP contribution in [0.2, 0.25) is 0 Å². The van der Waals surface area contributed by atoms with Crippen molar-refractivity contribution in [2.75, 3.05) is 26.2 Å². The number of ether oxygens (including phenoxy) is 2. The number of nitrogens with one attached hydrogen (secondary N) is 4. The summed E-state index contributed by atoms with van der Waals surface area (Å²) in [7, 11) is 0. The first-order chi connectivity index (χ1) is 16.0. The first kappa shape index (κ1) is 30.7. The van der Waals surface area contributed by atoms with Crippen molar-refractivity contribution >= 4 is 29.8 Å². The van der Waals surface area contributed by atoms with Crippen molar-refractivity contribution in [1.29, 1.82) is 0 Å². The third-order valence-electron chi connectivity index (χ3n) is 4.11. The van der Waals surface area contributed by atoms with Crippen LogP contribution in [0.5, 0.6) is 0 Å². The molecular formula is C23H38N4O7. The molecule has 0 aliphatic rings. The van der Waals surface area contributed by atoms with Crippen LogP contribution in [0.3, 0.4) is 0 Å². The van der Waals surface area contributed by atoms with Gasteiger partial charge >= 0.3 is 12.1 Å². The highest BCUT2D eigenvalue weighted by Gasteiger charge is 2.22. The summed E-state index contributed by atoms with van der Waals surface area (Å²) in [5.41, 5.74) is -0.591. The molecule has 0 saturated carbocycles. The lowest BCUT2D eigenvalue weighted by molar-refractivity contribution is -0.147. The molecule has 0 aliphatic heterocycles. The Kier molecular flexibility index (Phi) is 15.6. The minimum absolute atomic E-state index is 0.156. The zero-order valence-corrected chi connectivity index (χ0v) is 20.6. The van der Waals surface area contributed by atoms with Crippen molar-refractivity contribution in [1.82, 2.24) is 21.3 Å². The highest BCUT2D eigenvalue weighted by atomic mass is 16.6. The summed E-state index contributed by atoms with van der Waals surface area (Å²) < 4.78 is 10.1. The number of alkyl carbamates (subject to hydrolysis) is 1. The average molecular weight is 483 g/mol. The van der Waals surface area contributed by atoms with Crippen LogP contribution in [0.1, 0.15) is 66.2 Å². The monoisotopic (exact) mass is 482 g/mol. The number of rotatable bonds is 15. The van der Waals surface area contributed by atoms with E-state index in [0.717, 1.165) is 0 Å². The maximum absolute atomic E-state index is 12.2. The topological polar surface area (TPSA) is 152 Å². The zero-order chi connectivity index (χ0) is 26.0. The van der Waals surface area contributed by atoms with Gasteiger partial charge in [0.2, 0.25) is 17.7 Å². The third kappa shape index (κ3) is 17.3. The number of esters is 1. The molecule has 0 bridgehead atoms. The SMILES string of the molecule is C#CCCCC(=O)NCC(=O)NCC(=O)NC(CCCCNC(=O)OC(C)(C)C)C(=O)OCC. The minimum Gasteiger partial charge on any atom is -0.464 e. The Hall–Kier alpha value is -3.29. The fourth-order valence-corrected chi connectivity index (χ4v) is 2.57. The Morgan fingerprint density at radius 1 is 0.912 bits per heavy atom. The van der Waals surface area contributed by atoms with Crippen molar-refractivity contribution in [3.63, 3.8) is 0 Å². The van der Waals surface area contributed by atoms with Gasteiger partial charge in [-0.25, -0.2) is 9.59 Å². The highest BCUT2D eigenvalue weighted by Crippen LogP contribution is 2.07. The predicted octanol–water partition coefficient (Wildman–Crippen LogP) is 0.765. The molecule has 192 valence electrons. The van der Waals surface area contributed by atoms with Crippen molar-refractivity contribution in [3.05, 3.63) is 0 Å². The molecule has 0 aromatic rings. The van der Waals surface area contributed by atoms with E-state index < -0.39 is 35.5 Å². The summed E-state index contributed by atoms with van der Waals surface area (Å²) in [6.45, 7) is 6.83. The molecule has 4 N–H and O–H groups in total. The molecule has 0 aromatic heterocycles. The largest absolute Gasteiger partial charge is 0.464 e. The minimum atomic E-state index is -0.887. The fraction of sp³-hybridized carbons (Fsp3) is 0.696. The third-order valence-corrected chi connectivity index (χ3v) is 4.11. The summed E-state index contributed by atoms with van der Waals surface area (Å²) in [5.74, 6) is 0.424. The molecule has 0 saturated heterocycles. The molecule has 1 atom stereocenters. The van der Waals surface area contributed by atoms with Gasteiger partial charge in [0.05, 0.1) is 19.7 Å². The van der Waals surface area contributed by atoms with Gasteiger partial charge in [-0.05, 0) is 53.4 Å². The second-order valence-electron chi connectivity index (χ2n) is 8.41. The number of unbranched alkanes of at least 4 members (excludes halogenated alkanes) is 2. The fourth-order valence-electron chi connectivity index (χ4n) is 2.57. The van der Waals surface area contributed by atoms with E-state index in [9.17, 15) is 24.0 Å². The van der Waals surface area contributed by atoms with Crippen molar-refractivity contribution in [2.24, 2.45) is 0 Å². The Bertz CT molecular complexity index is 726. The maximum Gasteiger partial charge on any atom is 0.407 e. The number of hydrogen-bond acceptors (Lipinski definition) is 7. The predicted molar refractivity (Wildman–Crippen MR) is 125 cm³/mol. The number of carbonyl (C=O) groups is 5. The lowest BCUT2D eigenvalue weighted by atomic mass is 10.1. The summed E-state index contributed by atoms with van der Waals surface area (Å²) in [4.78, 5) is 59.4. The Morgan fingerprint density at radius 3 is 2.18 bits per heavy atom. The standard InChI is InChI=1S/C23H38N4O7/c1-6-8-9-13-18(28)25-15-19(29)26-16-20(30)27-17(21(31)33-7-2)12-10-11-14-24-22(32)34-23(3,4)5/h1,17H,7-16H2,2-5H3,(H,24,32)(H,25,28)(H,26,29)(H,27,30). The van der Waals surface area contributed by atoms with Crippen molar-refractivity contribution in [2.45, 2.75) is 77.9 Å². The molecule has 4 amide bonds. The molecule has 0 aromatic carbocycles. The van der Waals surface area contributed by atoms with Crippen LogP contribution in [0.4, 0.5) is 4.79 Å². The molecule has 34 heavy (non-hydrogen) atoms. The first-order valence-corrected chi connectivity index (χ1v) is 11.4. The van der Waals surface area contributed by atoms with E-state index in [2.05, 4.69) is 27.2 Å². The van der Waals surface area contributed by atoms with E-state index in [1.54, 1.807) is 27.7 Å². The van der Waals surface area contributed by atoms with Gasteiger partial charge in [-0.1, -0.05) is 0 Å². The van der Waals surface area contributed by atoms with Crippen LogP contribution in [-0.2, 0) is 28.7 Å². The van der Waals surface area contributed by atoms with E-state index in [0.29, 0.717) is 38.6 Å². The van der Waals surface area contributed by atoms with E-state index >= 15 is 0 Å². The van der Waals surface area contributed by atoms with Gasteiger partial charge in [-0.3, -0.25) is 14.4 Å². The van der Waals surface area contributed by atoms with E-state index in [1.807, 2.05) is 0 Å². The molecule has 0 fully saturated rings. The lowest BCUT2D eigenvalue weighted by Crippen LogP contribution is -2.47. The van der Waals surface area contributed by atoms with Gasteiger partial charge < -0.3 is 30.7 Å². The summed E-state index contributed by atoms with van der Waals surface area (Å²) in [5, 5.41) is 9.98. The molecule has 0 radical (unpaired) electrons. The van der Waals surface area contributed by atoms with Crippen molar-refractivity contribution < 1.29 is 33.4 Å². The molecule has 0 heterocycles. The Labute approximate surface area is 201 Å². The molecule has 11 heteroatoms. The molecule has 0 rings (SSSR count). The van der Waals surface area contributed by atoms with Crippen LogP contribution >= 0.6 is 0 Å². The Morgan fingerprint density at radius 2 is 1.56 bits per heavy atom. The summed E-state index contributed by atoms with van der Waals surface area (Å²) >= 11 is 0. The summed E-state index contributed by atoms with van der Waals surface area (Å²) in [6, 6.07) is -0.887. The highest BCUT2D eigenvalue weighted by molar-refractivity contribution is 5.90. The second-order valence-corrected chi connectivity index (χ2v) is 8.41. The molecule has 11 nitrogen and oxygen atoms in total. The Balaban J connectivity index is 4.35. The van der Waals surface area contributed by atoms with Gasteiger partial charge in [0.15, 0.2) is 0 Å². The van der Waals surface area contributed by atoms with E-state index in [4.69, 9.17) is 15.9 Å². The maximum atomic E-state index is 12.2. The van der Waals surface area contributed by atoms with Crippen LogP contribution in [-0.4, -0.2) is 67.7 Å². The van der Waals surface area contributed by atoms with E-state index in [-0.39, 0.29) is 32.0 Å². The molecule has 0 spiro atoms. The van der Waals surface area contributed by atoms with Gasteiger partial charge in [-0.2, -0.15) is 0 Å². The van der Waals surface area contributed by atoms with Gasteiger partial charge in [-0.15, -0.1) is 12.3 Å². The average Bonchev–Trinajstić information content (AvgIpc) is 2.74. The zero-order valence-electron chi connectivity index (χ0n) is 20.6. The van der Waals surface area contributed by atoms with Gasteiger partial charge in [0.25, 0.3) is 0 Å². The smallest absolute Gasteiger partial charge is 0.407 e. The van der Waals surface area contributed by atoms with Crippen LogP contribution < -0.4 is 21.3 Å². The van der Waals surface area contributed by atoms with Gasteiger partial charge in [0, 0.05) is 19.4 Å². The van der Waals surface area contributed by atoms with Crippen molar-refractivity contribution in [3.8, 4) is 12.3 Å². The molecule has 1 unspecified atom stereocenters. The quantitative estimate of drug-likeness (QED) is 0.153. The lowest BCUT2D eigenvalue weighted by Gasteiger charge is -2.20.